The van der Waals surface area contributed by atoms with Gasteiger partial charge >= 0.3 is 0 Å². The molecule has 5 nitrogen and oxygen atoms in total. The first-order chi connectivity index (χ1) is 9.24. The van der Waals surface area contributed by atoms with Gasteiger partial charge in [0.05, 0.1) is 5.69 Å². The number of hydrogen-bond acceptors (Lipinski definition) is 3. The average Bonchev–Trinajstić information content (AvgIpc) is 2.97. The minimum atomic E-state index is -0.0749. The molecule has 1 amide bonds. The number of rotatable bonds is 3. The molecule has 5 heteroatoms. The van der Waals surface area contributed by atoms with Crippen LogP contribution >= 0.6 is 0 Å². The molecule has 0 bridgehead atoms. The number of nitrogens with zero attached hydrogens (tertiary/aromatic N) is 2. The molecule has 1 fully saturated rings. The van der Waals surface area contributed by atoms with Crippen molar-refractivity contribution in [1.82, 2.24) is 15.1 Å². The molecule has 0 radical (unpaired) electrons. The van der Waals surface area contributed by atoms with Crippen LogP contribution in [-0.4, -0.2) is 27.8 Å². The first-order valence-electron chi connectivity index (χ1n) is 6.40. The zero-order valence-electron chi connectivity index (χ0n) is 10.5. The summed E-state index contributed by atoms with van der Waals surface area (Å²) in [5.41, 5.74) is 7.33. The zero-order chi connectivity index (χ0) is 13.2. The lowest BCUT2D eigenvalue weighted by atomic mass is 9.87. The number of nitrogens with two attached hydrogens (primary N) is 1. The molecule has 2 atom stereocenters. The van der Waals surface area contributed by atoms with Crippen LogP contribution in [0.5, 0.6) is 0 Å². The van der Waals surface area contributed by atoms with Gasteiger partial charge in [0.2, 0.25) is 0 Å². The molecule has 1 saturated carbocycles. The summed E-state index contributed by atoms with van der Waals surface area (Å²) in [7, 11) is 0. The minimum Gasteiger partial charge on any atom is -0.348 e. The third-order valence-electron chi connectivity index (χ3n) is 3.52. The van der Waals surface area contributed by atoms with Crippen LogP contribution in [0.15, 0.2) is 42.7 Å². The summed E-state index contributed by atoms with van der Waals surface area (Å²) >= 11 is 0. The highest BCUT2D eigenvalue weighted by Gasteiger charge is 2.28. The monoisotopic (exact) mass is 256 g/mol. The Morgan fingerprint density at radius 1 is 1.37 bits per heavy atom. The highest BCUT2D eigenvalue weighted by molar-refractivity contribution is 5.95. The van der Waals surface area contributed by atoms with Crippen LogP contribution in [0, 0.1) is 0 Å². The molecule has 0 saturated heterocycles. The van der Waals surface area contributed by atoms with Crippen LogP contribution < -0.4 is 11.1 Å². The fourth-order valence-electron chi connectivity index (χ4n) is 2.17. The van der Waals surface area contributed by atoms with Crippen molar-refractivity contribution in [2.45, 2.75) is 24.9 Å². The van der Waals surface area contributed by atoms with E-state index in [1.807, 2.05) is 30.5 Å². The van der Waals surface area contributed by atoms with Gasteiger partial charge in [-0.25, -0.2) is 4.68 Å². The molecule has 1 aliphatic rings. The summed E-state index contributed by atoms with van der Waals surface area (Å²) in [4.78, 5) is 12.1. The smallest absolute Gasteiger partial charge is 0.251 e. The number of nitrogens with one attached hydrogen (secondary N) is 1. The van der Waals surface area contributed by atoms with E-state index in [4.69, 9.17) is 5.73 Å². The molecule has 19 heavy (non-hydrogen) atoms. The fourth-order valence-corrected chi connectivity index (χ4v) is 2.17. The Balaban J connectivity index is 1.77. The lowest BCUT2D eigenvalue weighted by molar-refractivity contribution is 0.0906. The van der Waals surface area contributed by atoms with Crippen molar-refractivity contribution in [3.63, 3.8) is 0 Å². The minimum absolute atomic E-state index is 0.0749. The Hall–Kier alpha value is -2.14. The topological polar surface area (TPSA) is 72.9 Å². The second-order valence-electron chi connectivity index (χ2n) is 4.82. The van der Waals surface area contributed by atoms with Crippen molar-refractivity contribution in [1.29, 1.82) is 0 Å². The van der Waals surface area contributed by atoms with Crippen LogP contribution in [0.3, 0.4) is 0 Å². The molecule has 3 rings (SSSR count). The van der Waals surface area contributed by atoms with Gasteiger partial charge in [0, 0.05) is 30.0 Å². The number of carbonyl (C=O) groups excluding carboxylic acids is 1. The Morgan fingerprint density at radius 3 is 2.89 bits per heavy atom. The number of hydrogen-bond donors (Lipinski definition) is 2. The van der Waals surface area contributed by atoms with Gasteiger partial charge < -0.3 is 11.1 Å². The molecule has 1 heterocycles. The normalized spacial score (nSPS) is 21.7. The molecular formula is C14H16N4O. The van der Waals surface area contributed by atoms with Gasteiger partial charge in [-0.15, -0.1) is 0 Å². The standard InChI is InChI=1S/C14H16N4O/c15-12-5-6-13(12)17-14(19)10-3-1-4-11(9-10)18-8-2-7-16-18/h1-4,7-9,12-13H,5-6,15H2,(H,17,19)/t12-,13+/m1/s1. The van der Waals surface area contributed by atoms with Crippen molar-refractivity contribution in [3.8, 4) is 5.69 Å². The summed E-state index contributed by atoms with van der Waals surface area (Å²) in [6, 6.07) is 9.45. The third kappa shape index (κ3) is 2.37. The molecular weight excluding hydrogens is 240 g/mol. The van der Waals surface area contributed by atoms with Gasteiger partial charge in [-0.05, 0) is 37.1 Å². The van der Waals surface area contributed by atoms with Gasteiger partial charge in [-0.1, -0.05) is 6.07 Å². The van der Waals surface area contributed by atoms with Crippen molar-refractivity contribution in [2.75, 3.05) is 0 Å². The molecule has 3 N–H and O–H groups in total. The molecule has 1 aliphatic carbocycles. The predicted octanol–water partition coefficient (Wildman–Crippen LogP) is 1.09. The van der Waals surface area contributed by atoms with Crippen molar-refractivity contribution in [2.24, 2.45) is 5.73 Å². The van der Waals surface area contributed by atoms with Crippen molar-refractivity contribution in [3.05, 3.63) is 48.3 Å². The van der Waals surface area contributed by atoms with Gasteiger partial charge in [-0.3, -0.25) is 4.79 Å². The summed E-state index contributed by atoms with van der Waals surface area (Å²) < 4.78 is 1.73. The molecule has 98 valence electrons. The van der Waals surface area contributed by atoms with Gasteiger partial charge in [-0.2, -0.15) is 5.10 Å². The molecule has 0 unspecified atom stereocenters. The van der Waals surface area contributed by atoms with E-state index in [2.05, 4.69) is 10.4 Å². The molecule has 1 aromatic carbocycles. The maximum absolute atomic E-state index is 12.1. The summed E-state index contributed by atoms with van der Waals surface area (Å²) in [6.45, 7) is 0. The highest BCUT2D eigenvalue weighted by atomic mass is 16.1. The maximum Gasteiger partial charge on any atom is 0.251 e. The summed E-state index contributed by atoms with van der Waals surface area (Å²) in [5.74, 6) is -0.0749. The van der Waals surface area contributed by atoms with E-state index in [9.17, 15) is 4.79 Å². The second-order valence-corrected chi connectivity index (χ2v) is 4.82. The van der Waals surface area contributed by atoms with E-state index >= 15 is 0 Å². The molecule has 2 aromatic rings. The van der Waals surface area contributed by atoms with Crippen LogP contribution in [0.4, 0.5) is 0 Å². The van der Waals surface area contributed by atoms with E-state index in [1.54, 1.807) is 16.9 Å². The summed E-state index contributed by atoms with van der Waals surface area (Å²) in [5, 5.41) is 7.11. The van der Waals surface area contributed by atoms with Crippen LogP contribution in [-0.2, 0) is 0 Å². The zero-order valence-corrected chi connectivity index (χ0v) is 10.5. The molecule has 0 aliphatic heterocycles. The number of amides is 1. The average molecular weight is 256 g/mol. The van der Waals surface area contributed by atoms with Gasteiger partial charge in [0.15, 0.2) is 0 Å². The Labute approximate surface area is 111 Å². The van der Waals surface area contributed by atoms with Gasteiger partial charge in [0.1, 0.15) is 0 Å². The van der Waals surface area contributed by atoms with E-state index < -0.39 is 0 Å². The van der Waals surface area contributed by atoms with E-state index in [0.29, 0.717) is 5.56 Å². The van der Waals surface area contributed by atoms with Crippen molar-refractivity contribution < 1.29 is 4.79 Å². The van der Waals surface area contributed by atoms with E-state index in [1.165, 1.54) is 0 Å². The number of benzene rings is 1. The molecule has 0 spiro atoms. The SMILES string of the molecule is N[C@@H]1CC[C@@H]1NC(=O)c1cccc(-n2cccn2)c1. The molecule has 1 aromatic heterocycles. The second kappa shape index (κ2) is 4.85. The van der Waals surface area contributed by atoms with Gasteiger partial charge in [0.25, 0.3) is 5.91 Å². The fraction of sp³-hybridized carbons (Fsp3) is 0.286. The van der Waals surface area contributed by atoms with Crippen molar-refractivity contribution >= 4 is 5.91 Å². The first kappa shape index (κ1) is 11.9. The Bertz CT molecular complexity index is 579. The number of aromatic nitrogens is 2. The third-order valence-corrected chi connectivity index (χ3v) is 3.52. The highest BCUT2D eigenvalue weighted by Crippen LogP contribution is 2.18. The Morgan fingerprint density at radius 2 is 2.26 bits per heavy atom. The maximum atomic E-state index is 12.1. The van der Waals surface area contributed by atoms with E-state index in [0.717, 1.165) is 18.5 Å². The lowest BCUT2D eigenvalue weighted by Crippen LogP contribution is -2.54. The largest absolute Gasteiger partial charge is 0.348 e. The van der Waals surface area contributed by atoms with Crippen LogP contribution in [0.2, 0.25) is 0 Å². The van der Waals surface area contributed by atoms with Crippen LogP contribution in [0.25, 0.3) is 5.69 Å². The first-order valence-corrected chi connectivity index (χ1v) is 6.40. The van der Waals surface area contributed by atoms with Crippen LogP contribution in [0.1, 0.15) is 23.2 Å². The number of carbonyl (C=O) groups is 1. The Kier molecular flexibility index (Phi) is 3.05. The lowest BCUT2D eigenvalue weighted by Gasteiger charge is -2.34. The predicted molar refractivity (Wildman–Crippen MR) is 72.0 cm³/mol. The summed E-state index contributed by atoms with van der Waals surface area (Å²) in [6.07, 6.45) is 5.50. The van der Waals surface area contributed by atoms with E-state index in [-0.39, 0.29) is 18.0 Å². The quantitative estimate of drug-likeness (QED) is 0.863.